The Morgan fingerprint density at radius 1 is 1.06 bits per heavy atom. The lowest BCUT2D eigenvalue weighted by atomic mass is 9.88. The maximum atomic E-state index is 13.6. The fourth-order valence-corrected chi connectivity index (χ4v) is 5.81. The second kappa shape index (κ2) is 10.6. The van der Waals surface area contributed by atoms with E-state index in [9.17, 15) is 9.18 Å². The Morgan fingerprint density at radius 2 is 1.79 bits per heavy atom. The highest BCUT2D eigenvalue weighted by molar-refractivity contribution is 7.11. The molecule has 0 radical (unpaired) electrons. The maximum Gasteiger partial charge on any atom is 0.253 e. The van der Waals surface area contributed by atoms with Crippen LogP contribution in [-0.2, 0) is 6.54 Å². The molecule has 0 unspecified atom stereocenters. The van der Waals surface area contributed by atoms with Gasteiger partial charge in [0.15, 0.2) is 0 Å². The highest BCUT2D eigenvalue weighted by Crippen LogP contribution is 2.35. The van der Waals surface area contributed by atoms with Crippen molar-refractivity contribution in [3.63, 3.8) is 0 Å². The zero-order valence-electron chi connectivity index (χ0n) is 19.7. The van der Waals surface area contributed by atoms with Gasteiger partial charge < -0.3 is 4.90 Å². The molecule has 5 heteroatoms. The highest BCUT2D eigenvalue weighted by Gasteiger charge is 2.36. The number of aryl methyl sites for hydroxylation is 1. The van der Waals surface area contributed by atoms with Gasteiger partial charge in [-0.3, -0.25) is 9.69 Å². The standard InChI is InChI=1S/C28H33FN2OS/c1-20(2)15-31(28(32)23-7-5-4-6-8-23)17-24-16-30(18-26-14-9-21(3)33-26)19-27(24)22-10-12-25(29)13-11-22/h4-14,20,24,27H,15-19H2,1-3H3/t24-,27+/m0/s1. The Labute approximate surface area is 200 Å². The number of hydrogen-bond donors (Lipinski definition) is 0. The number of benzene rings is 2. The minimum atomic E-state index is -0.208. The Hall–Kier alpha value is -2.50. The van der Waals surface area contributed by atoms with Gasteiger partial charge in [-0.2, -0.15) is 0 Å². The lowest BCUT2D eigenvalue weighted by Crippen LogP contribution is -2.39. The molecule has 3 aromatic rings. The van der Waals surface area contributed by atoms with E-state index in [-0.39, 0.29) is 17.6 Å². The molecule has 2 aromatic carbocycles. The van der Waals surface area contributed by atoms with Crippen molar-refractivity contribution in [2.24, 2.45) is 11.8 Å². The molecule has 0 saturated carbocycles. The van der Waals surface area contributed by atoms with Crippen molar-refractivity contribution in [1.82, 2.24) is 9.80 Å². The second-order valence-corrected chi connectivity index (χ2v) is 11.0. The number of halogens is 1. The summed E-state index contributed by atoms with van der Waals surface area (Å²) < 4.78 is 13.6. The molecule has 0 aliphatic carbocycles. The van der Waals surface area contributed by atoms with Crippen molar-refractivity contribution >= 4 is 17.2 Å². The van der Waals surface area contributed by atoms with Crippen LogP contribution in [0.25, 0.3) is 0 Å². The Bertz CT molecular complexity index is 1050. The molecule has 4 rings (SSSR count). The molecular formula is C28H33FN2OS. The largest absolute Gasteiger partial charge is 0.338 e. The molecule has 1 aliphatic heterocycles. The van der Waals surface area contributed by atoms with Crippen molar-refractivity contribution < 1.29 is 9.18 Å². The van der Waals surface area contributed by atoms with E-state index in [2.05, 4.69) is 37.8 Å². The van der Waals surface area contributed by atoms with Gasteiger partial charge in [0, 0.05) is 54.0 Å². The van der Waals surface area contributed by atoms with Crippen molar-refractivity contribution in [2.75, 3.05) is 26.2 Å². The number of thiophene rings is 1. The molecule has 1 aromatic heterocycles. The van der Waals surface area contributed by atoms with E-state index in [1.54, 1.807) is 12.1 Å². The molecule has 0 spiro atoms. The first-order valence-electron chi connectivity index (χ1n) is 11.8. The third-order valence-electron chi connectivity index (χ3n) is 6.34. The van der Waals surface area contributed by atoms with Crippen LogP contribution >= 0.6 is 11.3 Å². The van der Waals surface area contributed by atoms with Crippen molar-refractivity contribution in [3.8, 4) is 0 Å². The van der Waals surface area contributed by atoms with Gasteiger partial charge in [-0.1, -0.05) is 44.2 Å². The van der Waals surface area contributed by atoms with Crippen molar-refractivity contribution in [2.45, 2.75) is 33.2 Å². The Morgan fingerprint density at radius 3 is 2.42 bits per heavy atom. The van der Waals surface area contributed by atoms with Crippen LogP contribution in [0, 0.1) is 24.6 Å². The SMILES string of the molecule is Cc1ccc(CN2C[C@@H](CN(CC(C)C)C(=O)c3ccccc3)[C@@H](c3ccc(F)cc3)C2)s1. The van der Waals surface area contributed by atoms with Crippen LogP contribution in [0.4, 0.5) is 4.39 Å². The van der Waals surface area contributed by atoms with Crippen LogP contribution in [0.5, 0.6) is 0 Å². The van der Waals surface area contributed by atoms with E-state index >= 15 is 0 Å². The van der Waals surface area contributed by atoms with Gasteiger partial charge in [0.05, 0.1) is 0 Å². The van der Waals surface area contributed by atoms with Crippen LogP contribution in [0.15, 0.2) is 66.7 Å². The van der Waals surface area contributed by atoms with Crippen molar-refractivity contribution in [3.05, 3.63) is 93.4 Å². The van der Waals surface area contributed by atoms with Crippen molar-refractivity contribution in [1.29, 1.82) is 0 Å². The summed E-state index contributed by atoms with van der Waals surface area (Å²) >= 11 is 1.84. The number of hydrogen-bond acceptors (Lipinski definition) is 3. The average molecular weight is 465 g/mol. The minimum absolute atomic E-state index is 0.0921. The number of amides is 1. The van der Waals surface area contributed by atoms with Gasteiger partial charge >= 0.3 is 0 Å². The monoisotopic (exact) mass is 464 g/mol. The molecule has 0 N–H and O–H groups in total. The van der Waals surface area contributed by atoms with Gasteiger partial charge in [0.25, 0.3) is 5.91 Å². The van der Waals surface area contributed by atoms with E-state index in [0.29, 0.717) is 18.4 Å². The summed E-state index contributed by atoms with van der Waals surface area (Å²) in [6.07, 6.45) is 0. The van der Waals surface area contributed by atoms with Gasteiger partial charge in [-0.05, 0) is 60.7 Å². The van der Waals surface area contributed by atoms with Gasteiger partial charge in [-0.15, -0.1) is 11.3 Å². The van der Waals surface area contributed by atoms with E-state index in [1.807, 2.05) is 58.7 Å². The molecule has 0 bridgehead atoms. The fourth-order valence-electron chi connectivity index (χ4n) is 4.88. The lowest BCUT2D eigenvalue weighted by molar-refractivity contribution is 0.0703. The number of carbonyl (C=O) groups is 1. The molecule has 1 fully saturated rings. The molecule has 174 valence electrons. The number of carbonyl (C=O) groups excluding carboxylic acids is 1. The topological polar surface area (TPSA) is 23.6 Å². The van der Waals surface area contributed by atoms with Crippen LogP contribution in [0.2, 0.25) is 0 Å². The van der Waals surface area contributed by atoms with Crippen LogP contribution in [-0.4, -0.2) is 41.9 Å². The van der Waals surface area contributed by atoms with Gasteiger partial charge in [0.2, 0.25) is 0 Å². The zero-order valence-corrected chi connectivity index (χ0v) is 20.5. The van der Waals surface area contributed by atoms with E-state index < -0.39 is 0 Å². The zero-order chi connectivity index (χ0) is 23.4. The average Bonchev–Trinajstić information content (AvgIpc) is 3.39. The second-order valence-electron chi connectivity index (χ2n) is 9.59. The summed E-state index contributed by atoms with van der Waals surface area (Å²) in [4.78, 5) is 20.6. The molecule has 1 aliphatic rings. The van der Waals surface area contributed by atoms with Gasteiger partial charge in [-0.25, -0.2) is 4.39 Å². The summed E-state index contributed by atoms with van der Waals surface area (Å²) in [5, 5.41) is 0. The molecule has 2 atom stereocenters. The number of nitrogens with zero attached hydrogens (tertiary/aromatic N) is 2. The van der Waals surface area contributed by atoms with Crippen LogP contribution in [0.3, 0.4) is 0 Å². The molecule has 3 nitrogen and oxygen atoms in total. The first-order valence-corrected chi connectivity index (χ1v) is 12.6. The molecule has 33 heavy (non-hydrogen) atoms. The van der Waals surface area contributed by atoms with E-state index in [0.717, 1.165) is 37.3 Å². The van der Waals surface area contributed by atoms with Crippen LogP contribution in [0.1, 0.15) is 45.4 Å². The third kappa shape index (κ3) is 6.10. The maximum absolute atomic E-state index is 13.6. The molecule has 2 heterocycles. The fraction of sp³-hybridized carbons (Fsp3) is 0.393. The smallest absolute Gasteiger partial charge is 0.253 e. The summed E-state index contributed by atoms with van der Waals surface area (Å²) in [7, 11) is 0. The first-order chi connectivity index (χ1) is 15.9. The normalized spacial score (nSPS) is 18.7. The molecule has 1 amide bonds. The third-order valence-corrected chi connectivity index (χ3v) is 7.32. The predicted octanol–water partition coefficient (Wildman–Crippen LogP) is 6.21. The van der Waals surface area contributed by atoms with E-state index in [4.69, 9.17) is 0 Å². The molecular weight excluding hydrogens is 431 g/mol. The summed E-state index contributed by atoms with van der Waals surface area (Å²) in [6, 6.07) is 20.9. The lowest BCUT2D eigenvalue weighted by Gasteiger charge is -2.30. The van der Waals surface area contributed by atoms with Gasteiger partial charge in [0.1, 0.15) is 5.82 Å². The van der Waals surface area contributed by atoms with Crippen LogP contribution < -0.4 is 0 Å². The predicted molar refractivity (Wildman–Crippen MR) is 134 cm³/mol. The summed E-state index contributed by atoms with van der Waals surface area (Å²) in [6.45, 7) is 10.6. The Kier molecular flexibility index (Phi) is 7.61. The number of likely N-dealkylation sites (tertiary alicyclic amines) is 1. The highest BCUT2D eigenvalue weighted by atomic mass is 32.1. The first kappa shape index (κ1) is 23.7. The quantitative estimate of drug-likeness (QED) is 0.396. The minimum Gasteiger partial charge on any atom is -0.338 e. The summed E-state index contributed by atoms with van der Waals surface area (Å²) in [5.74, 6) is 0.829. The van der Waals surface area contributed by atoms with E-state index in [1.165, 1.54) is 9.75 Å². The molecule has 1 saturated heterocycles. The summed E-state index contributed by atoms with van der Waals surface area (Å²) in [5.41, 5.74) is 1.89. The Balaban J connectivity index is 1.57. The number of rotatable bonds is 8.